The highest BCUT2D eigenvalue weighted by Crippen LogP contribution is 2.24. The fourth-order valence-corrected chi connectivity index (χ4v) is 4.48. The minimum Gasteiger partial charge on any atom is -0.467 e. The van der Waals surface area contributed by atoms with Gasteiger partial charge >= 0.3 is 12.1 Å². The molecule has 0 saturated heterocycles. The lowest BCUT2D eigenvalue weighted by Crippen LogP contribution is -2.54. The molecule has 6 N–H and O–H groups in total. The second kappa shape index (κ2) is 17.9. The molecular formula is C29H41N5O9S. The lowest BCUT2D eigenvalue weighted by molar-refractivity contribution is -0.146. The minimum absolute atomic E-state index is 0.0277. The summed E-state index contributed by atoms with van der Waals surface area (Å²) in [5, 5.41) is 31.0. The smallest absolute Gasteiger partial charge is 0.407 e. The van der Waals surface area contributed by atoms with E-state index < -0.39 is 54.8 Å². The van der Waals surface area contributed by atoms with Gasteiger partial charge in [0.2, 0.25) is 11.8 Å². The molecule has 0 saturated carbocycles. The second-order valence-electron chi connectivity index (χ2n) is 10.7. The number of esters is 1. The summed E-state index contributed by atoms with van der Waals surface area (Å²) in [5.74, 6) is -2.54. The lowest BCUT2D eigenvalue weighted by atomic mass is 10.1. The van der Waals surface area contributed by atoms with Crippen LogP contribution in [0.2, 0.25) is 0 Å². The summed E-state index contributed by atoms with van der Waals surface area (Å²) in [7, 11) is 1.09. The number of rotatable bonds is 16. The molecule has 0 spiro atoms. The van der Waals surface area contributed by atoms with E-state index in [0.717, 1.165) is 31.1 Å². The fourth-order valence-electron chi connectivity index (χ4n) is 3.68. The quantitative estimate of drug-likeness (QED) is 0.115. The van der Waals surface area contributed by atoms with E-state index in [9.17, 15) is 34.2 Å². The Morgan fingerprint density at radius 1 is 0.932 bits per heavy atom. The van der Waals surface area contributed by atoms with Gasteiger partial charge in [0, 0.05) is 30.5 Å². The van der Waals surface area contributed by atoms with Gasteiger partial charge in [-0.15, -0.1) is 11.3 Å². The molecule has 0 aliphatic rings. The number of ether oxygens (including phenoxy) is 2. The molecule has 0 fully saturated rings. The van der Waals surface area contributed by atoms with Crippen LogP contribution in [0.25, 0.3) is 10.6 Å². The summed E-state index contributed by atoms with van der Waals surface area (Å²) in [6.45, 7) is 4.77. The molecule has 14 nitrogen and oxygen atoms in total. The maximum Gasteiger partial charge on any atom is 0.407 e. The predicted molar refractivity (Wildman–Crippen MR) is 161 cm³/mol. The molecule has 0 aliphatic carbocycles. The van der Waals surface area contributed by atoms with Crippen molar-refractivity contribution in [2.45, 2.75) is 70.7 Å². The van der Waals surface area contributed by atoms with Crippen molar-refractivity contribution in [3.05, 3.63) is 40.9 Å². The molecule has 2 aromatic rings. The first-order chi connectivity index (χ1) is 20.9. The number of thiazole rings is 1. The Morgan fingerprint density at radius 2 is 1.61 bits per heavy atom. The number of carbonyl (C=O) groups excluding carboxylic acids is 5. The first-order valence-electron chi connectivity index (χ1n) is 14.1. The van der Waals surface area contributed by atoms with Gasteiger partial charge in [-0.1, -0.05) is 30.7 Å². The first-order valence-corrected chi connectivity index (χ1v) is 14.9. The lowest BCUT2D eigenvalue weighted by Gasteiger charge is -2.19. The maximum absolute atomic E-state index is 12.6. The Bertz CT molecular complexity index is 1260. The number of aliphatic hydroxyl groups excluding tert-OH is 2. The highest BCUT2D eigenvalue weighted by Gasteiger charge is 2.27. The van der Waals surface area contributed by atoms with Crippen molar-refractivity contribution in [3.63, 3.8) is 0 Å². The van der Waals surface area contributed by atoms with Crippen LogP contribution >= 0.6 is 11.3 Å². The van der Waals surface area contributed by atoms with Crippen LogP contribution in [0, 0.1) is 0 Å². The number of methoxy groups -OCH3 is 1. The maximum atomic E-state index is 12.6. The third kappa shape index (κ3) is 12.7. The van der Waals surface area contributed by atoms with Gasteiger partial charge in [-0.25, -0.2) is 14.6 Å². The van der Waals surface area contributed by atoms with Crippen molar-refractivity contribution in [2.75, 3.05) is 26.9 Å². The van der Waals surface area contributed by atoms with Gasteiger partial charge < -0.3 is 41.0 Å². The van der Waals surface area contributed by atoms with Crippen molar-refractivity contribution >= 4 is 41.1 Å². The van der Waals surface area contributed by atoms with Crippen molar-refractivity contribution < 1.29 is 43.7 Å². The van der Waals surface area contributed by atoms with E-state index in [1.165, 1.54) is 16.7 Å². The Balaban J connectivity index is 1.77. The van der Waals surface area contributed by atoms with Crippen LogP contribution in [-0.2, 0) is 30.4 Å². The number of benzene rings is 1. The normalized spacial score (nSPS) is 12.4. The molecule has 15 heteroatoms. The fraction of sp³-hybridized carbons (Fsp3) is 0.517. The van der Waals surface area contributed by atoms with Crippen molar-refractivity contribution in [1.29, 1.82) is 0 Å². The van der Waals surface area contributed by atoms with Gasteiger partial charge in [0.15, 0.2) is 6.04 Å². The average molecular weight is 636 g/mol. The van der Waals surface area contributed by atoms with Gasteiger partial charge in [-0.3, -0.25) is 14.4 Å². The van der Waals surface area contributed by atoms with Crippen molar-refractivity contribution in [3.8, 4) is 10.6 Å². The van der Waals surface area contributed by atoms with Gasteiger partial charge in [-0.05, 0) is 39.2 Å². The van der Waals surface area contributed by atoms with E-state index >= 15 is 0 Å². The zero-order valence-electron chi connectivity index (χ0n) is 25.3. The summed E-state index contributed by atoms with van der Waals surface area (Å²) in [4.78, 5) is 64.7. The number of amides is 4. The van der Waals surface area contributed by atoms with Crippen molar-refractivity contribution in [1.82, 2.24) is 26.3 Å². The standard InChI is InChI=1S/C29H41N5O9S/c1-29(2,3)43-28(41)30-13-7-5-6-8-23(37)31-14-18-9-11-19(12-10-18)26-34-22(17-44-26)25(39)32-20(15-35)24(38)33-21(16-36)27(40)42-4/h9-12,17,20-21,35-36H,5-8,13-16H2,1-4H3,(H,30,41)(H,31,37)(H,32,39)(H,33,38)/t20-,21-/m0/s1. The number of nitrogens with zero attached hydrogens (tertiary/aromatic N) is 1. The number of aromatic nitrogens is 1. The number of nitrogens with one attached hydrogen (secondary N) is 4. The van der Waals surface area contributed by atoms with Gasteiger partial charge in [0.25, 0.3) is 5.91 Å². The van der Waals surface area contributed by atoms with E-state index in [1.807, 2.05) is 24.3 Å². The molecule has 1 heterocycles. The van der Waals surface area contributed by atoms with Crippen LogP contribution in [0.5, 0.6) is 0 Å². The Morgan fingerprint density at radius 3 is 2.23 bits per heavy atom. The van der Waals surface area contributed by atoms with Gasteiger partial charge in [0.1, 0.15) is 22.3 Å². The molecular weight excluding hydrogens is 594 g/mol. The first kappa shape index (κ1) is 36.1. The molecule has 1 aromatic carbocycles. The summed E-state index contributed by atoms with van der Waals surface area (Å²) in [5.41, 5.74) is 1.11. The number of alkyl carbamates (subject to hydrolysis) is 1. The number of hydrogen-bond acceptors (Lipinski definition) is 11. The predicted octanol–water partition coefficient (Wildman–Crippen LogP) is 1.25. The van der Waals surface area contributed by atoms with E-state index in [4.69, 9.17) is 4.74 Å². The monoisotopic (exact) mass is 635 g/mol. The third-order valence-corrected chi connectivity index (χ3v) is 6.86. The zero-order valence-corrected chi connectivity index (χ0v) is 26.1. The number of unbranched alkanes of at least 4 members (excludes halogenated alkanes) is 2. The summed E-state index contributed by atoms with van der Waals surface area (Å²) in [6.07, 6.45) is 2.15. The molecule has 242 valence electrons. The number of hydrogen-bond donors (Lipinski definition) is 6. The number of carbonyl (C=O) groups is 5. The Hall–Kier alpha value is -4.08. The SMILES string of the molecule is COC(=O)[C@H](CO)NC(=O)[C@H](CO)NC(=O)c1csc(-c2ccc(CNC(=O)CCCCCNC(=O)OC(C)(C)C)cc2)n1. The molecule has 2 atom stereocenters. The Kier molecular flexibility index (Phi) is 14.7. The highest BCUT2D eigenvalue weighted by molar-refractivity contribution is 7.13. The molecule has 0 radical (unpaired) electrons. The zero-order chi connectivity index (χ0) is 32.7. The van der Waals surface area contributed by atoms with E-state index in [0.29, 0.717) is 30.9 Å². The minimum atomic E-state index is -1.39. The Labute approximate surface area is 259 Å². The van der Waals surface area contributed by atoms with Crippen LogP contribution in [0.4, 0.5) is 4.79 Å². The average Bonchev–Trinajstić information content (AvgIpc) is 3.48. The third-order valence-electron chi connectivity index (χ3n) is 5.97. The van der Waals surface area contributed by atoms with Crippen LogP contribution in [0.3, 0.4) is 0 Å². The summed E-state index contributed by atoms with van der Waals surface area (Å²) >= 11 is 1.21. The van der Waals surface area contributed by atoms with Crippen molar-refractivity contribution in [2.24, 2.45) is 0 Å². The summed E-state index contributed by atoms with van der Waals surface area (Å²) < 4.78 is 9.65. The molecule has 1 aromatic heterocycles. The molecule has 0 unspecified atom stereocenters. The van der Waals surface area contributed by atoms with E-state index in [1.54, 1.807) is 20.8 Å². The molecule has 4 amide bonds. The van der Waals surface area contributed by atoms with Crippen LogP contribution in [-0.4, -0.2) is 89.5 Å². The van der Waals surface area contributed by atoms with E-state index in [-0.39, 0.29) is 11.6 Å². The summed E-state index contributed by atoms with van der Waals surface area (Å²) in [6, 6.07) is 4.57. The second-order valence-corrected chi connectivity index (χ2v) is 11.6. The topological polar surface area (TPSA) is 205 Å². The highest BCUT2D eigenvalue weighted by atomic mass is 32.1. The van der Waals surface area contributed by atoms with Crippen LogP contribution < -0.4 is 21.3 Å². The molecule has 0 bridgehead atoms. The van der Waals surface area contributed by atoms with E-state index in [2.05, 4.69) is 31.0 Å². The van der Waals surface area contributed by atoms with Gasteiger partial charge in [-0.2, -0.15) is 0 Å². The molecule has 2 rings (SSSR count). The van der Waals surface area contributed by atoms with Crippen LogP contribution in [0.15, 0.2) is 29.6 Å². The largest absolute Gasteiger partial charge is 0.467 e. The molecule has 0 aliphatic heterocycles. The van der Waals surface area contributed by atoms with Gasteiger partial charge in [0.05, 0.1) is 20.3 Å². The molecule has 44 heavy (non-hydrogen) atoms. The number of aliphatic hydroxyl groups is 2. The van der Waals surface area contributed by atoms with Crippen LogP contribution in [0.1, 0.15) is 62.5 Å².